The predicted octanol–water partition coefficient (Wildman–Crippen LogP) is 2.62. The van der Waals surface area contributed by atoms with E-state index in [1.54, 1.807) is 35.7 Å². The summed E-state index contributed by atoms with van der Waals surface area (Å²) in [6.45, 7) is 18.6. The lowest BCUT2D eigenvalue weighted by Crippen LogP contribution is -2.54. The Morgan fingerprint density at radius 1 is 0.773 bits per heavy atom. The fourth-order valence-corrected chi connectivity index (χ4v) is 8.39. The summed E-state index contributed by atoms with van der Waals surface area (Å²) in [6.07, 6.45) is 5.29. The summed E-state index contributed by atoms with van der Waals surface area (Å²) in [7, 11) is -2.00. The van der Waals surface area contributed by atoms with Crippen molar-refractivity contribution < 1.29 is 27.4 Å². The maximum absolute atomic E-state index is 13.1. The van der Waals surface area contributed by atoms with E-state index in [2.05, 4.69) is 40.8 Å². The van der Waals surface area contributed by atoms with Gasteiger partial charge in [-0.25, -0.2) is 8.42 Å². The van der Waals surface area contributed by atoms with Gasteiger partial charge in [0.25, 0.3) is 0 Å². The van der Waals surface area contributed by atoms with Crippen LogP contribution in [0.4, 0.5) is 0 Å². The van der Waals surface area contributed by atoms with Gasteiger partial charge in [0.15, 0.2) is 0 Å². The zero-order valence-electron chi connectivity index (χ0n) is 27.4. The first-order valence-electron chi connectivity index (χ1n) is 16.6. The van der Waals surface area contributed by atoms with Crippen molar-refractivity contribution in [3.63, 3.8) is 0 Å². The molecule has 1 aromatic carbocycles. The van der Waals surface area contributed by atoms with Gasteiger partial charge in [-0.1, -0.05) is 20.8 Å². The Balaban J connectivity index is 0.000000174. The van der Waals surface area contributed by atoms with Gasteiger partial charge in [0, 0.05) is 90.9 Å². The second-order valence-electron chi connectivity index (χ2n) is 12.2. The molecule has 0 aromatic heterocycles. The summed E-state index contributed by atoms with van der Waals surface area (Å²) in [5.41, 5.74) is -0.615. The molecule has 44 heavy (non-hydrogen) atoms. The number of hydrogen-bond acceptors (Lipinski definition) is 10. The van der Waals surface area contributed by atoms with Crippen molar-refractivity contribution in [3.05, 3.63) is 24.3 Å². The molecule has 6 rings (SSSR count). The second-order valence-corrected chi connectivity index (χ2v) is 14.0. The van der Waals surface area contributed by atoms with E-state index < -0.39 is 15.7 Å². The number of ketones is 1. The molecule has 5 heterocycles. The quantitative estimate of drug-likeness (QED) is 0.501. The minimum atomic E-state index is -3.56. The van der Waals surface area contributed by atoms with Crippen LogP contribution in [-0.4, -0.2) is 137 Å². The highest BCUT2D eigenvalue weighted by atomic mass is 32.2. The van der Waals surface area contributed by atoms with Gasteiger partial charge in [-0.05, 0) is 43.9 Å². The molecule has 2 spiro atoms. The van der Waals surface area contributed by atoms with Crippen LogP contribution in [0, 0.1) is 0 Å². The zero-order valence-corrected chi connectivity index (χ0v) is 28.2. The summed E-state index contributed by atoms with van der Waals surface area (Å²) in [6, 6.07) is 6.55. The number of rotatable bonds is 6. The Morgan fingerprint density at radius 2 is 1.32 bits per heavy atom. The summed E-state index contributed by atoms with van der Waals surface area (Å²) in [5.74, 6) is 1.08. The lowest BCUT2D eigenvalue weighted by molar-refractivity contribution is -0.121. The number of carbonyl (C=O) groups excluding carboxylic acids is 1. The average molecular weight is 638 g/mol. The number of methoxy groups -OCH3 is 1. The van der Waals surface area contributed by atoms with Crippen molar-refractivity contribution in [2.75, 3.05) is 92.3 Å². The normalized spacial score (nSPS) is 24.5. The van der Waals surface area contributed by atoms with Gasteiger partial charge in [0.05, 0.1) is 25.2 Å². The molecule has 1 aromatic rings. The van der Waals surface area contributed by atoms with E-state index >= 15 is 0 Å². The Hall–Kier alpha value is -1.64. The molecule has 0 saturated carbocycles. The van der Waals surface area contributed by atoms with Crippen LogP contribution in [0.25, 0.3) is 0 Å². The number of nitrogens with zero attached hydrogens (tertiary/aromatic N) is 4. The standard InChI is InChI=1S/C16H24N2O4S.C9H18N2O.C7H13NO/c1-3-17-10-8-16(9-11-17)18(12-13-22-16)23(19,20)15-6-4-14(21-2)5-7-15;1-2-11-6-3-9(4-7-11)10-5-8-12-9;1-2-8-5-3-7(9)4-6-8/h4-7H,3,8-13H2,1-2H3;10H,2-8H2,1H3;2-6H2,1H3. The van der Waals surface area contributed by atoms with Crippen molar-refractivity contribution in [2.24, 2.45) is 0 Å². The smallest absolute Gasteiger partial charge is 0.245 e. The number of benzene rings is 1. The molecule has 0 bridgehead atoms. The molecule has 0 amide bonds. The van der Waals surface area contributed by atoms with E-state index in [-0.39, 0.29) is 5.72 Å². The van der Waals surface area contributed by atoms with Crippen molar-refractivity contribution in [1.29, 1.82) is 0 Å². The first kappa shape index (κ1) is 35.2. The van der Waals surface area contributed by atoms with E-state index in [1.807, 2.05) is 0 Å². The Kier molecular flexibility index (Phi) is 13.0. The van der Waals surface area contributed by atoms with Crippen molar-refractivity contribution >= 4 is 15.8 Å². The first-order valence-corrected chi connectivity index (χ1v) is 18.0. The van der Waals surface area contributed by atoms with E-state index in [4.69, 9.17) is 14.2 Å². The molecule has 12 heteroatoms. The molecule has 0 radical (unpaired) electrons. The molecule has 11 nitrogen and oxygen atoms in total. The lowest BCUT2D eigenvalue weighted by Gasteiger charge is -2.42. The van der Waals surface area contributed by atoms with Crippen LogP contribution in [0.5, 0.6) is 5.75 Å². The van der Waals surface area contributed by atoms with Gasteiger partial charge in [-0.3, -0.25) is 10.1 Å². The molecule has 1 N–H and O–H groups in total. The molecule has 250 valence electrons. The van der Waals surface area contributed by atoms with Gasteiger partial charge >= 0.3 is 0 Å². The van der Waals surface area contributed by atoms with Crippen molar-refractivity contribution in [2.45, 2.75) is 75.6 Å². The fourth-order valence-electron chi connectivity index (χ4n) is 6.67. The number of hydrogen-bond donors (Lipinski definition) is 1. The summed E-state index contributed by atoms with van der Waals surface area (Å²) < 4.78 is 44.4. The van der Waals surface area contributed by atoms with Gasteiger partial charge in [-0.2, -0.15) is 4.31 Å². The molecule has 5 aliphatic rings. The van der Waals surface area contributed by atoms with Crippen molar-refractivity contribution in [3.8, 4) is 5.75 Å². The highest BCUT2D eigenvalue weighted by molar-refractivity contribution is 7.89. The molecule has 5 fully saturated rings. The molecule has 5 aliphatic heterocycles. The van der Waals surface area contributed by atoms with Gasteiger partial charge in [0.1, 0.15) is 23.0 Å². The number of ether oxygens (including phenoxy) is 3. The number of piperidine rings is 3. The topological polar surface area (TPSA) is 104 Å². The maximum atomic E-state index is 13.1. The monoisotopic (exact) mass is 637 g/mol. The minimum absolute atomic E-state index is 0.0612. The van der Waals surface area contributed by atoms with Crippen molar-refractivity contribution in [1.82, 2.24) is 24.3 Å². The highest BCUT2D eigenvalue weighted by Crippen LogP contribution is 2.38. The van der Waals surface area contributed by atoms with Crippen LogP contribution in [0.1, 0.15) is 59.3 Å². The predicted molar refractivity (Wildman–Crippen MR) is 171 cm³/mol. The summed E-state index contributed by atoms with van der Waals surface area (Å²) >= 11 is 0. The lowest BCUT2D eigenvalue weighted by atomic mass is 10.0. The van der Waals surface area contributed by atoms with Crippen LogP contribution < -0.4 is 10.1 Å². The Labute approximate surface area is 265 Å². The Morgan fingerprint density at radius 3 is 1.82 bits per heavy atom. The van der Waals surface area contributed by atoms with E-state index in [9.17, 15) is 13.2 Å². The molecule has 0 unspecified atom stereocenters. The zero-order chi connectivity index (χ0) is 31.6. The number of likely N-dealkylation sites (tertiary alicyclic amines) is 3. The number of carbonyl (C=O) groups is 1. The van der Waals surface area contributed by atoms with Crippen LogP contribution in [0.3, 0.4) is 0 Å². The molecular weight excluding hydrogens is 582 g/mol. The third kappa shape index (κ3) is 8.79. The maximum Gasteiger partial charge on any atom is 0.245 e. The SMILES string of the molecule is CCN1CCC(=O)CC1.CCN1CCC2(CC1)NCCO2.CCN1CCC2(CC1)OCCN2S(=O)(=O)c1ccc(OC)cc1. The van der Waals surface area contributed by atoms with Gasteiger partial charge in [-0.15, -0.1) is 0 Å². The second kappa shape index (κ2) is 16.3. The van der Waals surface area contributed by atoms with Crippen LogP contribution in [0.15, 0.2) is 29.2 Å². The third-order valence-electron chi connectivity index (χ3n) is 9.75. The molecule has 0 atom stereocenters. The minimum Gasteiger partial charge on any atom is -0.497 e. The number of nitrogens with one attached hydrogen (secondary N) is 1. The fraction of sp³-hybridized carbons (Fsp3) is 0.781. The molecule has 0 aliphatic carbocycles. The van der Waals surface area contributed by atoms with Crippen LogP contribution in [0.2, 0.25) is 0 Å². The van der Waals surface area contributed by atoms with Gasteiger partial charge < -0.3 is 28.9 Å². The summed E-state index contributed by atoms with van der Waals surface area (Å²) in [5, 5.41) is 3.47. The highest BCUT2D eigenvalue weighted by Gasteiger charge is 2.50. The first-order chi connectivity index (χ1) is 21.2. The van der Waals surface area contributed by atoms with E-state index in [0.29, 0.717) is 29.6 Å². The number of sulfonamides is 1. The average Bonchev–Trinajstić information content (AvgIpc) is 3.70. The number of Topliss-reactive ketones (excluding diaryl/α,β-unsaturated/α-hetero) is 1. The largest absolute Gasteiger partial charge is 0.497 e. The van der Waals surface area contributed by atoms with E-state index in [0.717, 1.165) is 90.9 Å². The van der Waals surface area contributed by atoms with Crippen LogP contribution >= 0.6 is 0 Å². The van der Waals surface area contributed by atoms with Gasteiger partial charge in [0.2, 0.25) is 10.0 Å². The summed E-state index contributed by atoms with van der Waals surface area (Å²) in [4.78, 5) is 18.1. The Bertz CT molecular complexity index is 1120. The molecular formula is C32H55N5O6S. The third-order valence-corrected chi connectivity index (χ3v) is 11.7. The molecule has 5 saturated heterocycles. The van der Waals surface area contributed by atoms with E-state index in [1.165, 1.54) is 19.6 Å². The van der Waals surface area contributed by atoms with Crippen LogP contribution in [-0.2, 0) is 24.3 Å².